The van der Waals surface area contributed by atoms with Gasteiger partial charge in [-0.3, -0.25) is 4.52 Å². The summed E-state index contributed by atoms with van der Waals surface area (Å²) in [6, 6.07) is 0. The van der Waals surface area contributed by atoms with E-state index in [1.807, 2.05) is 0 Å². The number of phosphoric ester groups is 1. The molecule has 0 bridgehead atoms. The molecule has 0 aromatic carbocycles. The van der Waals surface area contributed by atoms with E-state index in [2.05, 4.69) is 8.83 Å². The fourth-order valence-electron chi connectivity index (χ4n) is 3.05. The quantitative estimate of drug-likeness (QED) is 0.0986. The van der Waals surface area contributed by atoms with Crippen molar-refractivity contribution in [3.05, 3.63) is 0 Å². The standard InChI is InChI=1S/C12H24O17P2.Na.H/c13-1-4-6(16)8(18)9(19)11(25-4)27-12(3-15)10(7(17)5(2-14)26-12)28-31(23,24)29-30(20,21)22;;/h4-11,13-19H,1-3H2,(H,23,24)(H2,20,21,22);;/q;+1;-1/t4-,5-,6-,7-,8+,9-,10+,11-,12+;;/m1../s1. The Morgan fingerprint density at radius 2 is 1.44 bits per heavy atom. The molecule has 2 aliphatic heterocycles. The number of aliphatic hydroxyl groups is 7. The third-order valence-corrected chi connectivity index (χ3v) is 6.67. The molecule has 2 rings (SSSR count). The number of rotatable bonds is 9. The molecule has 0 saturated carbocycles. The molecule has 32 heavy (non-hydrogen) atoms. The molecule has 2 saturated heterocycles. The summed E-state index contributed by atoms with van der Waals surface area (Å²) in [4.78, 5) is 27.0. The molecule has 10 atom stereocenters. The molecule has 186 valence electrons. The Balaban J connectivity index is 0.00000512. The van der Waals surface area contributed by atoms with Crippen molar-refractivity contribution in [2.75, 3.05) is 19.8 Å². The second-order valence-corrected chi connectivity index (χ2v) is 9.46. The zero-order chi connectivity index (χ0) is 23.8. The molecule has 0 radical (unpaired) electrons. The Labute approximate surface area is 203 Å². The molecule has 1 unspecified atom stereocenters. The van der Waals surface area contributed by atoms with Crippen LogP contribution in [0.4, 0.5) is 0 Å². The Morgan fingerprint density at radius 1 is 0.875 bits per heavy atom. The maximum atomic E-state index is 11.9. The van der Waals surface area contributed by atoms with E-state index in [9.17, 15) is 49.8 Å². The summed E-state index contributed by atoms with van der Waals surface area (Å²) >= 11 is 0. The summed E-state index contributed by atoms with van der Waals surface area (Å²) in [5.74, 6) is -2.73. The molecule has 0 aliphatic carbocycles. The smallest absolute Gasteiger partial charge is 1.00 e. The van der Waals surface area contributed by atoms with E-state index in [-0.39, 0.29) is 31.0 Å². The van der Waals surface area contributed by atoms with Crippen LogP contribution in [0.2, 0.25) is 0 Å². The molecule has 10 N–H and O–H groups in total. The zero-order valence-electron chi connectivity index (χ0n) is 17.5. The molecule has 2 aliphatic rings. The second-order valence-electron chi connectivity index (χ2n) is 6.68. The van der Waals surface area contributed by atoms with Crippen LogP contribution in [-0.4, -0.2) is 125 Å². The van der Waals surface area contributed by atoms with Crippen LogP contribution in [0, 0.1) is 0 Å². The van der Waals surface area contributed by atoms with Crippen LogP contribution in [0.5, 0.6) is 0 Å². The van der Waals surface area contributed by atoms with E-state index in [1.54, 1.807) is 0 Å². The van der Waals surface area contributed by atoms with Crippen molar-refractivity contribution in [1.82, 2.24) is 0 Å². The molecule has 0 amide bonds. The summed E-state index contributed by atoms with van der Waals surface area (Å²) in [6.45, 7) is -3.15. The van der Waals surface area contributed by atoms with E-state index >= 15 is 0 Å². The summed E-state index contributed by atoms with van der Waals surface area (Å²) in [7, 11) is -11.2. The number of hydrogen-bond acceptors (Lipinski definition) is 14. The van der Waals surface area contributed by atoms with Gasteiger partial charge in [-0.15, -0.1) is 0 Å². The fraction of sp³-hybridized carbons (Fsp3) is 1.00. The fourth-order valence-corrected chi connectivity index (χ4v) is 4.86. The SMILES string of the molecule is O=P(O)(O)OP(=O)(O)O[C@H]1[C@H](O)[C@@H](CO)O[C@@]1(CO)O[C@H]1O[C@H](CO)[C@@H](O)[C@H](O)[C@H]1O.[H-].[Na+]. The number of hydrogen-bond donors (Lipinski definition) is 10. The van der Waals surface area contributed by atoms with Crippen molar-refractivity contribution >= 4 is 15.6 Å². The molecule has 2 fully saturated rings. The number of ether oxygens (including phenoxy) is 3. The third kappa shape index (κ3) is 6.96. The van der Waals surface area contributed by atoms with Crippen molar-refractivity contribution in [2.45, 2.75) is 54.8 Å². The van der Waals surface area contributed by atoms with Gasteiger partial charge in [-0.05, 0) is 0 Å². The van der Waals surface area contributed by atoms with Gasteiger partial charge in [0, 0.05) is 0 Å². The number of aliphatic hydroxyl groups excluding tert-OH is 7. The number of phosphoric acid groups is 2. The summed E-state index contributed by atoms with van der Waals surface area (Å²) in [5.41, 5.74) is 0. The van der Waals surface area contributed by atoms with Crippen LogP contribution in [0.1, 0.15) is 1.43 Å². The van der Waals surface area contributed by atoms with Crippen molar-refractivity contribution in [3.63, 3.8) is 0 Å². The maximum absolute atomic E-state index is 11.9. The van der Waals surface area contributed by atoms with Gasteiger partial charge < -0.3 is 66.1 Å². The van der Waals surface area contributed by atoms with Crippen LogP contribution in [-0.2, 0) is 32.2 Å². The monoisotopic (exact) mass is 526 g/mol. The van der Waals surface area contributed by atoms with Gasteiger partial charge in [0.2, 0.25) is 5.79 Å². The Morgan fingerprint density at radius 3 is 1.91 bits per heavy atom. The first-order valence-corrected chi connectivity index (χ1v) is 11.6. The predicted octanol–water partition coefficient (Wildman–Crippen LogP) is -8.05. The molecule has 20 heteroatoms. The zero-order valence-corrected chi connectivity index (χ0v) is 20.3. The van der Waals surface area contributed by atoms with Gasteiger partial charge in [-0.2, -0.15) is 4.31 Å². The first kappa shape index (κ1) is 30.9. The van der Waals surface area contributed by atoms with E-state index < -0.39 is 90.3 Å². The van der Waals surface area contributed by atoms with Crippen LogP contribution in [0.15, 0.2) is 0 Å². The van der Waals surface area contributed by atoms with Crippen LogP contribution >= 0.6 is 15.6 Å². The largest absolute Gasteiger partial charge is 1.00 e. The minimum atomic E-state index is -5.65. The van der Waals surface area contributed by atoms with Gasteiger partial charge in [0.1, 0.15) is 43.2 Å². The molecule has 17 nitrogen and oxygen atoms in total. The van der Waals surface area contributed by atoms with Crippen LogP contribution in [0.25, 0.3) is 0 Å². The van der Waals surface area contributed by atoms with Gasteiger partial charge in [-0.25, -0.2) is 9.13 Å². The van der Waals surface area contributed by atoms with Gasteiger partial charge in [0.05, 0.1) is 13.2 Å². The Bertz CT molecular complexity index is 711. The average molecular weight is 526 g/mol. The molecular formula is C12H25NaO17P2. The van der Waals surface area contributed by atoms with Crippen molar-refractivity contribution in [2.24, 2.45) is 0 Å². The van der Waals surface area contributed by atoms with E-state index in [1.165, 1.54) is 0 Å². The molecule has 0 spiro atoms. The van der Waals surface area contributed by atoms with Crippen LogP contribution in [0.3, 0.4) is 0 Å². The van der Waals surface area contributed by atoms with Crippen LogP contribution < -0.4 is 29.6 Å². The molecule has 2 heterocycles. The maximum Gasteiger partial charge on any atom is 1.00 e. The van der Waals surface area contributed by atoms with Crippen molar-refractivity contribution < 1.29 is 114 Å². The van der Waals surface area contributed by atoms with Crippen molar-refractivity contribution in [3.8, 4) is 0 Å². The van der Waals surface area contributed by atoms with Gasteiger partial charge >= 0.3 is 45.2 Å². The minimum Gasteiger partial charge on any atom is -1.00 e. The third-order valence-electron chi connectivity index (χ3n) is 4.50. The molecule has 0 aromatic heterocycles. The molecule has 0 aromatic rings. The second kappa shape index (κ2) is 11.7. The van der Waals surface area contributed by atoms with E-state index in [4.69, 9.17) is 24.0 Å². The predicted molar refractivity (Wildman–Crippen MR) is 91.6 cm³/mol. The Hall–Kier alpha value is 0.860. The molecular weight excluding hydrogens is 501 g/mol. The van der Waals surface area contributed by atoms with Gasteiger partial charge in [0.15, 0.2) is 12.4 Å². The van der Waals surface area contributed by atoms with Gasteiger partial charge in [-0.1, -0.05) is 0 Å². The average Bonchev–Trinajstić information content (AvgIpc) is 2.92. The topological polar surface area (TPSA) is 283 Å². The normalized spacial score (nSPS) is 42.3. The first-order valence-electron chi connectivity index (χ1n) is 8.54. The minimum absolute atomic E-state index is 0. The van der Waals surface area contributed by atoms with Crippen molar-refractivity contribution in [1.29, 1.82) is 0 Å². The first-order chi connectivity index (χ1) is 14.2. The van der Waals surface area contributed by atoms with Gasteiger partial charge in [0.25, 0.3) is 0 Å². The van der Waals surface area contributed by atoms with E-state index in [0.717, 1.165) is 0 Å². The summed E-state index contributed by atoms with van der Waals surface area (Å²) in [6.07, 6.45) is -15.2. The summed E-state index contributed by atoms with van der Waals surface area (Å²) in [5, 5.41) is 68.4. The summed E-state index contributed by atoms with van der Waals surface area (Å²) < 4.78 is 46.4. The van der Waals surface area contributed by atoms with E-state index in [0.29, 0.717) is 0 Å². The Kier molecular flexibility index (Phi) is 11.3.